The molecule has 0 aliphatic carbocycles. The predicted octanol–water partition coefficient (Wildman–Crippen LogP) is 2.69. The summed E-state index contributed by atoms with van der Waals surface area (Å²) in [6, 6.07) is 6.35. The number of nitrogens with zero attached hydrogens (tertiary/aromatic N) is 2. The van der Waals surface area contributed by atoms with Crippen molar-refractivity contribution in [1.82, 2.24) is 4.90 Å². The molecule has 1 fully saturated rings. The van der Waals surface area contributed by atoms with E-state index < -0.39 is 0 Å². The van der Waals surface area contributed by atoms with Crippen LogP contribution < -0.4 is 10.6 Å². The molecule has 0 bridgehead atoms. The van der Waals surface area contributed by atoms with Crippen LogP contribution in [-0.2, 0) is 6.54 Å². The molecule has 2 rings (SSSR count). The Hall–Kier alpha value is -0.580. The van der Waals surface area contributed by atoms with Crippen molar-refractivity contribution in [3.8, 4) is 0 Å². The minimum atomic E-state index is 0.586. The third-order valence-electron chi connectivity index (χ3n) is 3.63. The standard InChI is InChI=1S/C15H24BrN3/c1-12(2)11-18-6-8-19(9-7-18)15-5-3-4-14(16)13(15)10-17/h3-5,12H,6-11,17H2,1-2H3. The van der Waals surface area contributed by atoms with E-state index in [4.69, 9.17) is 5.73 Å². The Morgan fingerprint density at radius 1 is 1.21 bits per heavy atom. The summed E-state index contributed by atoms with van der Waals surface area (Å²) in [6.45, 7) is 10.8. The maximum absolute atomic E-state index is 5.88. The second-order valence-corrected chi connectivity index (χ2v) is 6.48. The van der Waals surface area contributed by atoms with E-state index in [9.17, 15) is 0 Å². The molecule has 1 heterocycles. The van der Waals surface area contributed by atoms with Gasteiger partial charge in [-0.15, -0.1) is 0 Å². The highest BCUT2D eigenvalue weighted by molar-refractivity contribution is 9.10. The van der Waals surface area contributed by atoms with Crippen LogP contribution in [0.2, 0.25) is 0 Å². The summed E-state index contributed by atoms with van der Waals surface area (Å²) in [5.41, 5.74) is 8.40. The van der Waals surface area contributed by atoms with E-state index in [1.165, 1.54) is 17.8 Å². The molecule has 106 valence electrons. The number of rotatable bonds is 4. The Morgan fingerprint density at radius 3 is 2.47 bits per heavy atom. The Kier molecular flexibility index (Phi) is 5.25. The van der Waals surface area contributed by atoms with E-state index in [-0.39, 0.29) is 0 Å². The van der Waals surface area contributed by atoms with E-state index in [2.05, 4.69) is 57.8 Å². The highest BCUT2D eigenvalue weighted by atomic mass is 79.9. The lowest BCUT2D eigenvalue weighted by molar-refractivity contribution is 0.231. The van der Waals surface area contributed by atoms with Gasteiger partial charge in [0.1, 0.15) is 0 Å². The van der Waals surface area contributed by atoms with E-state index in [1.54, 1.807) is 0 Å². The highest BCUT2D eigenvalue weighted by Crippen LogP contribution is 2.28. The number of hydrogen-bond acceptors (Lipinski definition) is 3. The second kappa shape index (κ2) is 6.73. The van der Waals surface area contributed by atoms with E-state index in [0.717, 1.165) is 36.6 Å². The van der Waals surface area contributed by atoms with Crippen molar-refractivity contribution in [1.29, 1.82) is 0 Å². The maximum atomic E-state index is 5.88. The van der Waals surface area contributed by atoms with E-state index in [1.807, 2.05) is 0 Å². The minimum absolute atomic E-state index is 0.586. The van der Waals surface area contributed by atoms with Crippen LogP contribution in [0.4, 0.5) is 5.69 Å². The molecule has 19 heavy (non-hydrogen) atoms. The van der Waals surface area contributed by atoms with Gasteiger partial charge in [0.2, 0.25) is 0 Å². The van der Waals surface area contributed by atoms with Gasteiger partial charge in [0.25, 0.3) is 0 Å². The first-order valence-corrected chi connectivity index (χ1v) is 7.86. The normalized spacial score (nSPS) is 17.2. The fourth-order valence-corrected chi connectivity index (χ4v) is 3.25. The zero-order valence-electron chi connectivity index (χ0n) is 11.9. The molecule has 1 aliphatic heterocycles. The zero-order chi connectivity index (χ0) is 13.8. The molecule has 1 aromatic rings. The molecule has 0 spiro atoms. The van der Waals surface area contributed by atoms with E-state index >= 15 is 0 Å². The fraction of sp³-hybridized carbons (Fsp3) is 0.600. The van der Waals surface area contributed by atoms with Crippen LogP contribution in [0, 0.1) is 5.92 Å². The molecule has 3 nitrogen and oxygen atoms in total. The van der Waals surface area contributed by atoms with Crippen molar-refractivity contribution < 1.29 is 0 Å². The van der Waals surface area contributed by atoms with Crippen LogP contribution in [0.15, 0.2) is 22.7 Å². The molecule has 0 atom stereocenters. The molecular formula is C15H24BrN3. The first-order chi connectivity index (χ1) is 9.11. The van der Waals surface area contributed by atoms with Gasteiger partial charge in [0.05, 0.1) is 0 Å². The monoisotopic (exact) mass is 325 g/mol. The summed E-state index contributed by atoms with van der Waals surface area (Å²) >= 11 is 3.60. The number of anilines is 1. The molecule has 0 saturated carbocycles. The summed E-state index contributed by atoms with van der Waals surface area (Å²) in [5, 5.41) is 0. The predicted molar refractivity (Wildman–Crippen MR) is 85.5 cm³/mol. The van der Waals surface area contributed by atoms with Crippen molar-refractivity contribution in [2.45, 2.75) is 20.4 Å². The zero-order valence-corrected chi connectivity index (χ0v) is 13.5. The average Bonchev–Trinajstić information content (AvgIpc) is 2.38. The molecule has 2 N–H and O–H groups in total. The van der Waals surface area contributed by atoms with Crippen LogP contribution in [0.3, 0.4) is 0 Å². The van der Waals surface area contributed by atoms with Gasteiger partial charge in [-0.2, -0.15) is 0 Å². The van der Waals surface area contributed by atoms with Gasteiger partial charge >= 0.3 is 0 Å². The summed E-state index contributed by atoms with van der Waals surface area (Å²) in [5.74, 6) is 0.747. The third-order valence-corrected chi connectivity index (χ3v) is 4.38. The van der Waals surface area contributed by atoms with Gasteiger partial charge in [-0.05, 0) is 18.1 Å². The Labute approximate surface area is 124 Å². The summed E-state index contributed by atoms with van der Waals surface area (Å²) in [4.78, 5) is 5.02. The van der Waals surface area contributed by atoms with Crippen LogP contribution in [0.25, 0.3) is 0 Å². The fourth-order valence-electron chi connectivity index (χ4n) is 2.73. The van der Waals surface area contributed by atoms with Gasteiger partial charge in [0.15, 0.2) is 0 Å². The number of halogens is 1. The molecule has 1 aliphatic rings. The largest absolute Gasteiger partial charge is 0.369 e. The number of piperazine rings is 1. The number of nitrogens with two attached hydrogens (primary N) is 1. The SMILES string of the molecule is CC(C)CN1CCN(c2cccc(Br)c2CN)CC1. The van der Waals surface area contributed by atoms with Crippen LogP contribution in [-0.4, -0.2) is 37.6 Å². The molecule has 1 saturated heterocycles. The first-order valence-electron chi connectivity index (χ1n) is 7.06. The summed E-state index contributed by atoms with van der Waals surface area (Å²) < 4.78 is 1.12. The lowest BCUT2D eigenvalue weighted by Gasteiger charge is -2.37. The molecule has 4 heteroatoms. The highest BCUT2D eigenvalue weighted by Gasteiger charge is 2.19. The first kappa shape index (κ1) is 14.8. The molecule has 0 amide bonds. The smallest absolute Gasteiger partial charge is 0.0424 e. The van der Waals surface area contributed by atoms with Crippen LogP contribution in [0.5, 0.6) is 0 Å². The van der Waals surface area contributed by atoms with Gasteiger partial charge in [-0.25, -0.2) is 0 Å². The van der Waals surface area contributed by atoms with Gasteiger partial charge in [0, 0.05) is 55.0 Å². The van der Waals surface area contributed by atoms with Crippen LogP contribution in [0.1, 0.15) is 19.4 Å². The number of benzene rings is 1. The topological polar surface area (TPSA) is 32.5 Å². The van der Waals surface area contributed by atoms with Gasteiger partial charge < -0.3 is 10.6 Å². The quantitative estimate of drug-likeness (QED) is 0.923. The lowest BCUT2D eigenvalue weighted by atomic mass is 10.1. The molecule has 1 aromatic carbocycles. The average molecular weight is 326 g/mol. The summed E-state index contributed by atoms with van der Waals surface area (Å²) in [6.07, 6.45) is 0. The lowest BCUT2D eigenvalue weighted by Crippen LogP contribution is -2.47. The van der Waals surface area contributed by atoms with Crippen molar-refractivity contribution in [2.75, 3.05) is 37.6 Å². The molecule has 0 aromatic heterocycles. The maximum Gasteiger partial charge on any atom is 0.0424 e. The summed E-state index contributed by atoms with van der Waals surface area (Å²) in [7, 11) is 0. The van der Waals surface area contributed by atoms with Crippen molar-refractivity contribution in [3.63, 3.8) is 0 Å². The Balaban J connectivity index is 2.03. The van der Waals surface area contributed by atoms with Gasteiger partial charge in [-0.1, -0.05) is 35.8 Å². The Morgan fingerprint density at radius 2 is 1.89 bits per heavy atom. The Bertz CT molecular complexity index is 412. The van der Waals surface area contributed by atoms with Gasteiger partial charge in [-0.3, -0.25) is 4.90 Å². The van der Waals surface area contributed by atoms with Crippen molar-refractivity contribution in [2.24, 2.45) is 11.7 Å². The van der Waals surface area contributed by atoms with E-state index in [0.29, 0.717) is 6.54 Å². The third kappa shape index (κ3) is 3.71. The van der Waals surface area contributed by atoms with Crippen molar-refractivity contribution in [3.05, 3.63) is 28.2 Å². The minimum Gasteiger partial charge on any atom is -0.369 e. The molecule has 0 unspecified atom stereocenters. The second-order valence-electron chi connectivity index (χ2n) is 5.62. The molecule has 0 radical (unpaired) electrons. The number of hydrogen-bond donors (Lipinski definition) is 1. The van der Waals surface area contributed by atoms with Crippen molar-refractivity contribution >= 4 is 21.6 Å². The van der Waals surface area contributed by atoms with Crippen LogP contribution >= 0.6 is 15.9 Å². The molecular weight excluding hydrogens is 302 g/mol.